The summed E-state index contributed by atoms with van der Waals surface area (Å²) in [5.41, 5.74) is -0.972. The number of likely N-dealkylation sites (tertiary alicyclic amines) is 1. The Hall–Kier alpha value is -1.28. The van der Waals surface area contributed by atoms with E-state index in [0.29, 0.717) is 25.5 Å². The summed E-state index contributed by atoms with van der Waals surface area (Å²) in [6, 6.07) is 2.31. The largest absolute Gasteiger partial charge is 0.444 e. The lowest BCUT2D eigenvalue weighted by Gasteiger charge is -2.39. The summed E-state index contributed by atoms with van der Waals surface area (Å²) in [4.78, 5) is 14.3. The Labute approximate surface area is 134 Å². The average molecular weight is 310 g/mol. The Balaban J connectivity index is 3.01. The second-order valence-corrected chi connectivity index (χ2v) is 7.71. The van der Waals surface area contributed by atoms with Gasteiger partial charge in [0, 0.05) is 13.7 Å². The normalized spacial score (nSPS) is 25.4. The predicted octanol–water partition coefficient (Wildman–Crippen LogP) is 3.59. The molecule has 0 unspecified atom stereocenters. The van der Waals surface area contributed by atoms with Crippen LogP contribution in [0.3, 0.4) is 0 Å². The summed E-state index contributed by atoms with van der Waals surface area (Å²) in [6.45, 7) is 10.8. The van der Waals surface area contributed by atoms with Gasteiger partial charge in [-0.25, -0.2) is 4.79 Å². The second-order valence-electron chi connectivity index (χ2n) is 7.71. The Bertz CT molecular complexity index is 423. The first kappa shape index (κ1) is 18.8. The van der Waals surface area contributed by atoms with Gasteiger partial charge in [-0.3, -0.25) is 4.90 Å². The Morgan fingerprint density at radius 3 is 2.55 bits per heavy atom. The van der Waals surface area contributed by atoms with Crippen molar-refractivity contribution in [1.82, 2.24) is 4.90 Å². The number of ether oxygens (including phenoxy) is 2. The molecule has 1 fully saturated rings. The molecule has 5 nitrogen and oxygen atoms in total. The molecule has 0 bridgehead atoms. The van der Waals surface area contributed by atoms with E-state index in [4.69, 9.17) is 9.47 Å². The molecule has 2 atom stereocenters. The van der Waals surface area contributed by atoms with Gasteiger partial charge in [0.05, 0.1) is 24.1 Å². The number of amides is 1. The van der Waals surface area contributed by atoms with Crippen LogP contribution in [-0.4, -0.2) is 42.4 Å². The number of rotatable bonds is 5. The third kappa shape index (κ3) is 4.88. The smallest absolute Gasteiger partial charge is 0.410 e. The summed E-state index contributed by atoms with van der Waals surface area (Å²) < 4.78 is 11.0. The third-order valence-corrected chi connectivity index (χ3v) is 4.00. The SMILES string of the molecule is COC[C@]1(CCC(C)C)C[C@H](C#N)CN1C(=O)OC(C)(C)C. The van der Waals surface area contributed by atoms with Gasteiger partial charge in [0.15, 0.2) is 0 Å². The van der Waals surface area contributed by atoms with Gasteiger partial charge < -0.3 is 9.47 Å². The average Bonchev–Trinajstić information content (AvgIpc) is 2.74. The summed E-state index contributed by atoms with van der Waals surface area (Å²) in [7, 11) is 1.64. The second kappa shape index (κ2) is 7.32. The fraction of sp³-hybridized carbons (Fsp3) is 0.882. The first-order valence-corrected chi connectivity index (χ1v) is 8.03. The minimum atomic E-state index is -0.543. The molecular weight excluding hydrogens is 280 g/mol. The van der Waals surface area contributed by atoms with Crippen molar-refractivity contribution in [2.45, 2.75) is 65.0 Å². The topological polar surface area (TPSA) is 62.6 Å². The van der Waals surface area contributed by atoms with Crippen molar-refractivity contribution >= 4 is 6.09 Å². The van der Waals surface area contributed by atoms with Crippen molar-refractivity contribution in [1.29, 1.82) is 5.26 Å². The molecule has 1 amide bonds. The van der Waals surface area contributed by atoms with E-state index >= 15 is 0 Å². The lowest BCUT2D eigenvalue weighted by Crippen LogP contribution is -2.52. The van der Waals surface area contributed by atoms with Gasteiger partial charge in [0.25, 0.3) is 0 Å². The molecule has 1 saturated heterocycles. The molecular formula is C17H30N2O3. The van der Waals surface area contributed by atoms with E-state index < -0.39 is 11.1 Å². The predicted molar refractivity (Wildman–Crippen MR) is 85.3 cm³/mol. The van der Waals surface area contributed by atoms with Crippen molar-refractivity contribution in [3.8, 4) is 6.07 Å². The maximum atomic E-state index is 12.6. The van der Waals surface area contributed by atoms with Crippen LogP contribution >= 0.6 is 0 Å². The van der Waals surface area contributed by atoms with E-state index in [1.165, 1.54) is 0 Å². The molecule has 0 aromatic heterocycles. The number of nitrogens with zero attached hydrogens (tertiary/aromatic N) is 2. The van der Waals surface area contributed by atoms with Crippen molar-refractivity contribution in [2.75, 3.05) is 20.3 Å². The quantitative estimate of drug-likeness (QED) is 0.778. The fourth-order valence-electron chi connectivity index (χ4n) is 2.99. The van der Waals surface area contributed by atoms with Gasteiger partial charge in [-0.1, -0.05) is 13.8 Å². The fourth-order valence-corrected chi connectivity index (χ4v) is 2.99. The van der Waals surface area contributed by atoms with Crippen LogP contribution in [0.1, 0.15) is 53.9 Å². The zero-order valence-corrected chi connectivity index (χ0v) is 14.8. The molecule has 0 aliphatic carbocycles. The number of hydrogen-bond acceptors (Lipinski definition) is 4. The van der Waals surface area contributed by atoms with Crippen molar-refractivity contribution in [3.63, 3.8) is 0 Å². The third-order valence-electron chi connectivity index (χ3n) is 4.00. The monoisotopic (exact) mass is 310 g/mol. The van der Waals surface area contributed by atoms with Crippen LogP contribution < -0.4 is 0 Å². The van der Waals surface area contributed by atoms with Gasteiger partial charge in [-0.05, 0) is 46.0 Å². The standard InChI is InChI=1S/C17H30N2O3/c1-13(2)7-8-17(12-21-6)9-14(10-18)11-19(17)15(20)22-16(3,4)5/h13-14H,7-9,11-12H2,1-6H3/t14-,17+/m1/s1. The van der Waals surface area contributed by atoms with Crippen LogP contribution in [0.4, 0.5) is 4.79 Å². The number of nitriles is 1. The van der Waals surface area contributed by atoms with Gasteiger partial charge in [-0.15, -0.1) is 0 Å². The van der Waals surface area contributed by atoms with Gasteiger partial charge in [0.2, 0.25) is 0 Å². The highest BCUT2D eigenvalue weighted by Crippen LogP contribution is 2.39. The minimum absolute atomic E-state index is 0.158. The van der Waals surface area contributed by atoms with E-state index in [1.807, 2.05) is 20.8 Å². The number of methoxy groups -OCH3 is 1. The summed E-state index contributed by atoms with van der Waals surface area (Å²) in [6.07, 6.45) is 2.13. The highest BCUT2D eigenvalue weighted by molar-refractivity contribution is 5.70. The van der Waals surface area contributed by atoms with Crippen LogP contribution in [0.2, 0.25) is 0 Å². The number of carbonyl (C=O) groups excluding carboxylic acids is 1. The first-order chi connectivity index (χ1) is 10.1. The van der Waals surface area contributed by atoms with Gasteiger partial charge in [-0.2, -0.15) is 5.26 Å². The molecule has 0 saturated carbocycles. The van der Waals surface area contributed by atoms with Gasteiger partial charge >= 0.3 is 6.09 Å². The number of carbonyl (C=O) groups is 1. The molecule has 5 heteroatoms. The van der Waals surface area contributed by atoms with E-state index in [-0.39, 0.29) is 12.0 Å². The molecule has 0 radical (unpaired) electrons. The molecule has 0 spiro atoms. The molecule has 1 aliphatic rings. The first-order valence-electron chi connectivity index (χ1n) is 8.03. The van der Waals surface area contributed by atoms with Crippen LogP contribution in [0.15, 0.2) is 0 Å². The zero-order valence-electron chi connectivity index (χ0n) is 14.8. The van der Waals surface area contributed by atoms with Crippen LogP contribution in [0.25, 0.3) is 0 Å². The summed E-state index contributed by atoms with van der Waals surface area (Å²) >= 11 is 0. The molecule has 1 heterocycles. The minimum Gasteiger partial charge on any atom is -0.444 e. The summed E-state index contributed by atoms with van der Waals surface area (Å²) in [5, 5.41) is 9.31. The highest BCUT2D eigenvalue weighted by Gasteiger charge is 2.49. The maximum absolute atomic E-state index is 12.6. The lowest BCUT2D eigenvalue weighted by molar-refractivity contribution is -0.0147. The van der Waals surface area contributed by atoms with Crippen LogP contribution in [-0.2, 0) is 9.47 Å². The van der Waals surface area contributed by atoms with Gasteiger partial charge in [0.1, 0.15) is 5.60 Å². The molecule has 1 aliphatic heterocycles. The Morgan fingerprint density at radius 1 is 1.45 bits per heavy atom. The summed E-state index contributed by atoms with van der Waals surface area (Å²) in [5.74, 6) is 0.380. The van der Waals surface area contributed by atoms with E-state index in [0.717, 1.165) is 12.8 Å². The van der Waals surface area contributed by atoms with E-state index in [9.17, 15) is 10.1 Å². The highest BCUT2D eigenvalue weighted by atomic mass is 16.6. The van der Waals surface area contributed by atoms with E-state index in [1.54, 1.807) is 12.0 Å². The van der Waals surface area contributed by atoms with Crippen molar-refractivity contribution in [2.24, 2.45) is 11.8 Å². The molecule has 0 aromatic carbocycles. The zero-order chi connectivity index (χ0) is 17.0. The molecule has 22 heavy (non-hydrogen) atoms. The van der Waals surface area contributed by atoms with Crippen LogP contribution in [0, 0.1) is 23.2 Å². The van der Waals surface area contributed by atoms with Crippen molar-refractivity contribution in [3.05, 3.63) is 0 Å². The molecule has 0 aromatic rings. The molecule has 0 N–H and O–H groups in total. The lowest BCUT2D eigenvalue weighted by atomic mass is 9.86. The molecule has 1 rings (SSSR count). The molecule has 126 valence electrons. The number of hydrogen-bond donors (Lipinski definition) is 0. The van der Waals surface area contributed by atoms with Crippen LogP contribution in [0.5, 0.6) is 0 Å². The Kier molecular flexibility index (Phi) is 6.25. The maximum Gasteiger partial charge on any atom is 0.410 e. The Morgan fingerprint density at radius 2 is 2.09 bits per heavy atom. The van der Waals surface area contributed by atoms with E-state index in [2.05, 4.69) is 19.9 Å². The van der Waals surface area contributed by atoms with Crippen molar-refractivity contribution < 1.29 is 14.3 Å².